The number of hydrogen-bond acceptors (Lipinski definition) is 7. The molecule has 1 aromatic rings. The molecule has 0 saturated carbocycles. The summed E-state index contributed by atoms with van der Waals surface area (Å²) in [5.41, 5.74) is 0.480. The van der Waals surface area contributed by atoms with Crippen molar-refractivity contribution in [2.24, 2.45) is 0 Å². The van der Waals surface area contributed by atoms with Gasteiger partial charge in [0, 0.05) is 13.1 Å². The van der Waals surface area contributed by atoms with E-state index in [1.54, 1.807) is 12.1 Å². The fourth-order valence-corrected chi connectivity index (χ4v) is 2.78. The van der Waals surface area contributed by atoms with E-state index in [-0.39, 0.29) is 35.6 Å². The van der Waals surface area contributed by atoms with E-state index in [0.717, 1.165) is 16.7 Å². The Balaban J connectivity index is 1.81. The highest BCUT2D eigenvalue weighted by Gasteiger charge is 2.29. The predicted molar refractivity (Wildman–Crippen MR) is 88.6 cm³/mol. The summed E-state index contributed by atoms with van der Waals surface area (Å²) in [6, 6.07) is 7.86. The van der Waals surface area contributed by atoms with Gasteiger partial charge in [-0.1, -0.05) is 17.8 Å². The molecule has 8 nitrogen and oxygen atoms in total. The predicted octanol–water partition coefficient (Wildman–Crippen LogP) is 0.915. The lowest BCUT2D eigenvalue weighted by atomic mass is 10.1. The van der Waals surface area contributed by atoms with Crippen LogP contribution in [0.1, 0.15) is 22.8 Å². The molecule has 0 spiro atoms. The van der Waals surface area contributed by atoms with E-state index in [1.165, 1.54) is 19.1 Å². The molecule has 1 heterocycles. The molecule has 0 radical (unpaired) electrons. The molecule has 1 fully saturated rings. The number of amides is 3. The largest absolute Gasteiger partial charge is 0.449 e. The third-order valence-corrected chi connectivity index (χ3v) is 4.21. The van der Waals surface area contributed by atoms with E-state index >= 15 is 0 Å². The monoisotopic (exact) mass is 361 g/mol. The molecule has 1 aromatic carbocycles. The zero-order valence-electron chi connectivity index (χ0n) is 13.4. The van der Waals surface area contributed by atoms with Gasteiger partial charge in [0.05, 0.1) is 22.9 Å². The van der Waals surface area contributed by atoms with Crippen molar-refractivity contribution < 1.29 is 23.9 Å². The first-order valence-electron chi connectivity index (χ1n) is 7.38. The van der Waals surface area contributed by atoms with Gasteiger partial charge in [-0.3, -0.25) is 19.3 Å². The SMILES string of the molecule is C[C@H](OC(=O)c1cccc(C#N)c1)C(=O)NCCN1C(=O)CSC1=O. The molecular weight excluding hydrogens is 346 g/mol. The minimum Gasteiger partial charge on any atom is -0.449 e. The highest BCUT2D eigenvalue weighted by molar-refractivity contribution is 8.14. The second-order valence-corrected chi connectivity index (χ2v) is 6.06. The molecule has 1 atom stereocenters. The second-order valence-electron chi connectivity index (χ2n) is 5.13. The molecule has 25 heavy (non-hydrogen) atoms. The summed E-state index contributed by atoms with van der Waals surface area (Å²) < 4.78 is 5.05. The molecule has 0 aromatic heterocycles. The molecular formula is C16H15N3O5S. The zero-order valence-corrected chi connectivity index (χ0v) is 14.2. The van der Waals surface area contributed by atoms with Gasteiger partial charge in [-0.15, -0.1) is 0 Å². The summed E-state index contributed by atoms with van der Waals surface area (Å²) in [6.07, 6.45) is -1.06. The van der Waals surface area contributed by atoms with Crippen molar-refractivity contribution in [3.63, 3.8) is 0 Å². The van der Waals surface area contributed by atoms with Gasteiger partial charge in [-0.05, 0) is 25.1 Å². The minimum absolute atomic E-state index is 0.0707. The maximum Gasteiger partial charge on any atom is 0.338 e. The first kappa shape index (κ1) is 18.5. The van der Waals surface area contributed by atoms with Crippen molar-refractivity contribution in [2.75, 3.05) is 18.8 Å². The number of carbonyl (C=O) groups is 4. The number of rotatable bonds is 6. The van der Waals surface area contributed by atoms with Gasteiger partial charge in [0.15, 0.2) is 6.10 Å². The number of nitrogens with zero attached hydrogens (tertiary/aromatic N) is 2. The van der Waals surface area contributed by atoms with Crippen molar-refractivity contribution >= 4 is 34.8 Å². The van der Waals surface area contributed by atoms with E-state index in [9.17, 15) is 19.2 Å². The zero-order chi connectivity index (χ0) is 18.4. The van der Waals surface area contributed by atoms with Crippen LogP contribution in [0.25, 0.3) is 0 Å². The summed E-state index contributed by atoms with van der Waals surface area (Å²) >= 11 is 0.920. The molecule has 9 heteroatoms. The summed E-state index contributed by atoms with van der Waals surface area (Å²) in [7, 11) is 0. The van der Waals surface area contributed by atoms with Crippen LogP contribution < -0.4 is 5.32 Å². The average molecular weight is 361 g/mol. The van der Waals surface area contributed by atoms with Crippen LogP contribution in [0.5, 0.6) is 0 Å². The van der Waals surface area contributed by atoms with Gasteiger partial charge in [-0.25, -0.2) is 4.79 Å². The Hall–Kier alpha value is -2.86. The number of nitriles is 1. The first-order chi connectivity index (χ1) is 11.9. The molecule has 0 bridgehead atoms. The lowest BCUT2D eigenvalue weighted by Crippen LogP contribution is -2.41. The van der Waals surface area contributed by atoms with Gasteiger partial charge in [0.1, 0.15) is 0 Å². The van der Waals surface area contributed by atoms with E-state index in [0.29, 0.717) is 5.56 Å². The third-order valence-electron chi connectivity index (χ3n) is 3.36. The Morgan fingerprint density at radius 3 is 2.84 bits per heavy atom. The number of esters is 1. The van der Waals surface area contributed by atoms with Crippen LogP contribution in [0.4, 0.5) is 4.79 Å². The maximum atomic E-state index is 12.0. The van der Waals surface area contributed by atoms with Gasteiger partial charge < -0.3 is 10.1 Å². The molecule has 0 aliphatic carbocycles. The van der Waals surface area contributed by atoms with Crippen molar-refractivity contribution in [3.8, 4) is 6.07 Å². The molecule has 130 valence electrons. The van der Waals surface area contributed by atoms with Crippen LogP contribution >= 0.6 is 11.8 Å². The number of carbonyl (C=O) groups excluding carboxylic acids is 4. The van der Waals surface area contributed by atoms with E-state index < -0.39 is 18.0 Å². The lowest BCUT2D eigenvalue weighted by molar-refractivity contribution is -0.130. The van der Waals surface area contributed by atoms with Crippen LogP contribution in [0.15, 0.2) is 24.3 Å². The maximum absolute atomic E-state index is 12.0. The van der Waals surface area contributed by atoms with E-state index in [2.05, 4.69) is 5.32 Å². The molecule has 1 aliphatic heterocycles. The fourth-order valence-electron chi connectivity index (χ4n) is 2.03. The summed E-state index contributed by atoms with van der Waals surface area (Å²) in [5.74, 6) is -1.44. The molecule has 1 aliphatic rings. The number of hydrogen-bond donors (Lipinski definition) is 1. The Morgan fingerprint density at radius 2 is 2.20 bits per heavy atom. The number of thioether (sulfide) groups is 1. The second kappa shape index (κ2) is 8.30. The fraction of sp³-hybridized carbons (Fsp3) is 0.312. The minimum atomic E-state index is -1.06. The first-order valence-corrected chi connectivity index (χ1v) is 8.37. The standard InChI is InChI=1S/C16H15N3O5S/c1-10(24-15(22)12-4-2-3-11(7-12)8-17)14(21)18-5-6-19-13(20)9-25-16(19)23/h2-4,7,10H,5-6,9H2,1H3,(H,18,21)/t10-/m0/s1. The van der Waals surface area contributed by atoms with Gasteiger partial charge in [0.25, 0.3) is 11.1 Å². The summed E-state index contributed by atoms with van der Waals surface area (Å²) in [6.45, 7) is 1.55. The van der Waals surface area contributed by atoms with Gasteiger partial charge in [0.2, 0.25) is 5.91 Å². The molecule has 3 amide bonds. The smallest absolute Gasteiger partial charge is 0.338 e. The van der Waals surface area contributed by atoms with Crippen LogP contribution in [0.3, 0.4) is 0 Å². The normalized spacial score (nSPS) is 14.8. The number of imide groups is 1. The van der Waals surface area contributed by atoms with E-state index in [1.807, 2.05) is 6.07 Å². The molecule has 2 rings (SSSR count). The van der Waals surface area contributed by atoms with Crippen LogP contribution in [0, 0.1) is 11.3 Å². The van der Waals surface area contributed by atoms with Crippen LogP contribution in [0.2, 0.25) is 0 Å². The van der Waals surface area contributed by atoms with Crippen molar-refractivity contribution in [1.29, 1.82) is 5.26 Å². The number of nitrogens with one attached hydrogen (secondary N) is 1. The summed E-state index contributed by atoms with van der Waals surface area (Å²) in [5, 5.41) is 11.0. The quantitative estimate of drug-likeness (QED) is 0.749. The highest BCUT2D eigenvalue weighted by Crippen LogP contribution is 2.17. The molecule has 0 unspecified atom stereocenters. The summed E-state index contributed by atoms with van der Waals surface area (Å²) in [4.78, 5) is 47.8. The van der Waals surface area contributed by atoms with Crippen molar-refractivity contribution in [2.45, 2.75) is 13.0 Å². The van der Waals surface area contributed by atoms with Crippen LogP contribution in [-0.4, -0.2) is 52.9 Å². The number of benzene rings is 1. The molecule has 1 saturated heterocycles. The van der Waals surface area contributed by atoms with Crippen molar-refractivity contribution in [1.82, 2.24) is 10.2 Å². The van der Waals surface area contributed by atoms with E-state index in [4.69, 9.17) is 10.00 Å². The Morgan fingerprint density at radius 1 is 1.44 bits per heavy atom. The average Bonchev–Trinajstić information content (AvgIpc) is 2.93. The molecule has 1 N–H and O–H groups in total. The topological polar surface area (TPSA) is 117 Å². The van der Waals surface area contributed by atoms with Gasteiger partial charge in [-0.2, -0.15) is 5.26 Å². The third kappa shape index (κ3) is 4.81. The van der Waals surface area contributed by atoms with Crippen molar-refractivity contribution in [3.05, 3.63) is 35.4 Å². The Kier molecular flexibility index (Phi) is 6.14. The van der Waals surface area contributed by atoms with Crippen LogP contribution in [-0.2, 0) is 14.3 Å². The number of ether oxygens (including phenoxy) is 1. The highest BCUT2D eigenvalue weighted by atomic mass is 32.2. The van der Waals surface area contributed by atoms with Gasteiger partial charge >= 0.3 is 5.97 Å². The Bertz CT molecular complexity index is 742. The lowest BCUT2D eigenvalue weighted by Gasteiger charge is -2.16. The Labute approximate surface area is 148 Å².